The lowest BCUT2D eigenvalue weighted by Gasteiger charge is -2.32. The summed E-state index contributed by atoms with van der Waals surface area (Å²) in [5.74, 6) is 1.95. The Morgan fingerprint density at radius 1 is 0.364 bits per heavy atom. The van der Waals surface area contributed by atoms with Crippen LogP contribution in [0.2, 0.25) is 0 Å². The first kappa shape index (κ1) is 31.5. The van der Waals surface area contributed by atoms with E-state index in [2.05, 4.69) is 164 Å². The summed E-state index contributed by atoms with van der Waals surface area (Å²) >= 11 is 0. The highest BCUT2D eigenvalue weighted by Gasteiger charge is 2.52. The van der Waals surface area contributed by atoms with E-state index in [0.717, 1.165) is 40.7 Å². The largest absolute Gasteiger partial charge is 0.208 e. The summed E-state index contributed by atoms with van der Waals surface area (Å²) in [5, 5.41) is 0. The van der Waals surface area contributed by atoms with Crippen LogP contribution >= 0.6 is 0 Å². The number of nitrogens with zero attached hydrogens (tertiary/aromatic N) is 3. The molecule has 0 amide bonds. The summed E-state index contributed by atoms with van der Waals surface area (Å²) in [6.45, 7) is 0. The van der Waals surface area contributed by atoms with E-state index < -0.39 is 0 Å². The molecule has 3 aliphatic rings. The van der Waals surface area contributed by atoms with Crippen molar-refractivity contribution in [1.29, 1.82) is 0 Å². The van der Waals surface area contributed by atoms with Gasteiger partial charge in [-0.3, -0.25) is 0 Å². The SMILES string of the molecule is C1=CC2=C(CC1)c1ccccc1C21c2ccccc2-c2ccc(-c3cccc(-c4nc(-c5ccccc5)nc(-c5ccc(-c6ccccc6)cc5)n4)c3)cc21. The fourth-order valence-electron chi connectivity index (χ4n) is 9.18. The minimum atomic E-state index is -0.341. The van der Waals surface area contributed by atoms with Crippen molar-refractivity contribution in [3.8, 4) is 67.5 Å². The van der Waals surface area contributed by atoms with Crippen LogP contribution in [0.15, 0.2) is 194 Å². The Hall–Kier alpha value is -6.97. The second-order valence-corrected chi connectivity index (χ2v) is 14.6. The molecule has 1 atom stereocenters. The Balaban J connectivity index is 1.04. The van der Waals surface area contributed by atoms with Gasteiger partial charge in [-0.2, -0.15) is 0 Å². The molecule has 0 saturated heterocycles. The van der Waals surface area contributed by atoms with Crippen molar-refractivity contribution in [1.82, 2.24) is 15.0 Å². The van der Waals surface area contributed by atoms with E-state index in [1.165, 1.54) is 55.7 Å². The van der Waals surface area contributed by atoms with E-state index in [9.17, 15) is 0 Å². The third kappa shape index (κ3) is 4.93. The standard InChI is InChI=1S/C52H35N3/c1-3-14-34(15-4-1)35-26-28-37(29-27-35)50-53-49(36-16-5-2-6-17-36)54-51(55-50)40-19-13-18-38(32-40)39-30-31-44-43-22-9-12-25-47(43)52(48(44)33-39)45-23-10-7-20-41(45)42-21-8-11-24-46(42)52/h1-7,9-20,22-33H,8,21H2. The molecule has 1 heterocycles. The van der Waals surface area contributed by atoms with Crippen LogP contribution in [-0.2, 0) is 5.41 Å². The highest BCUT2D eigenvalue weighted by Crippen LogP contribution is 2.63. The van der Waals surface area contributed by atoms with Crippen LogP contribution in [0.4, 0.5) is 0 Å². The van der Waals surface area contributed by atoms with E-state index >= 15 is 0 Å². The first-order valence-corrected chi connectivity index (χ1v) is 19.1. The lowest BCUT2D eigenvalue weighted by Crippen LogP contribution is -2.27. The predicted octanol–water partition coefficient (Wildman–Crippen LogP) is 12.6. The Morgan fingerprint density at radius 3 is 1.60 bits per heavy atom. The van der Waals surface area contributed by atoms with Crippen LogP contribution in [-0.4, -0.2) is 15.0 Å². The predicted molar refractivity (Wildman–Crippen MR) is 224 cm³/mol. The van der Waals surface area contributed by atoms with Gasteiger partial charge in [-0.05, 0) is 91.8 Å². The molecule has 1 aromatic heterocycles. The fraction of sp³-hybridized carbons (Fsp3) is 0.0577. The first-order chi connectivity index (χ1) is 27.3. The van der Waals surface area contributed by atoms with Gasteiger partial charge < -0.3 is 0 Å². The third-order valence-corrected chi connectivity index (χ3v) is 11.6. The number of benzene rings is 7. The van der Waals surface area contributed by atoms with Crippen molar-refractivity contribution in [2.75, 3.05) is 0 Å². The van der Waals surface area contributed by atoms with Crippen LogP contribution in [0.1, 0.15) is 35.1 Å². The molecule has 8 aromatic rings. The average molecular weight is 702 g/mol. The van der Waals surface area contributed by atoms with Crippen LogP contribution in [0, 0.1) is 0 Å². The molecule has 0 radical (unpaired) electrons. The third-order valence-electron chi connectivity index (χ3n) is 11.6. The van der Waals surface area contributed by atoms with Crippen LogP contribution in [0.3, 0.4) is 0 Å². The summed E-state index contributed by atoms with van der Waals surface area (Å²) in [5.41, 5.74) is 18.2. The summed E-state index contributed by atoms with van der Waals surface area (Å²) in [4.78, 5) is 15.2. The quantitative estimate of drug-likeness (QED) is 0.179. The molecular formula is C52H35N3. The number of rotatable bonds is 5. The molecule has 0 saturated carbocycles. The van der Waals surface area contributed by atoms with Gasteiger partial charge in [0, 0.05) is 16.7 Å². The summed E-state index contributed by atoms with van der Waals surface area (Å²) < 4.78 is 0. The topological polar surface area (TPSA) is 38.7 Å². The molecule has 258 valence electrons. The van der Waals surface area contributed by atoms with E-state index in [1.807, 2.05) is 24.3 Å². The highest BCUT2D eigenvalue weighted by atomic mass is 15.0. The van der Waals surface area contributed by atoms with Gasteiger partial charge in [0.1, 0.15) is 0 Å². The molecule has 0 fully saturated rings. The highest BCUT2D eigenvalue weighted by molar-refractivity contribution is 5.97. The van der Waals surface area contributed by atoms with Gasteiger partial charge in [-0.15, -0.1) is 0 Å². The molecule has 3 aliphatic carbocycles. The Morgan fingerprint density at radius 2 is 0.855 bits per heavy atom. The number of hydrogen-bond donors (Lipinski definition) is 0. The van der Waals surface area contributed by atoms with Gasteiger partial charge in [-0.1, -0.05) is 176 Å². The molecule has 3 heteroatoms. The summed E-state index contributed by atoms with van der Waals surface area (Å²) in [6.07, 6.45) is 6.93. The first-order valence-electron chi connectivity index (χ1n) is 19.1. The second kappa shape index (κ2) is 12.6. The number of allylic oxidation sites excluding steroid dienone is 4. The fourth-order valence-corrected chi connectivity index (χ4v) is 9.18. The summed E-state index contributed by atoms with van der Waals surface area (Å²) in [6, 6.07) is 63.0. The van der Waals surface area contributed by atoms with Gasteiger partial charge in [0.05, 0.1) is 5.41 Å². The molecule has 7 aromatic carbocycles. The van der Waals surface area contributed by atoms with E-state index in [1.54, 1.807) is 0 Å². The van der Waals surface area contributed by atoms with Crippen molar-refractivity contribution in [2.24, 2.45) is 0 Å². The zero-order valence-electron chi connectivity index (χ0n) is 30.2. The Bertz CT molecular complexity index is 2850. The molecular weight excluding hydrogens is 667 g/mol. The summed E-state index contributed by atoms with van der Waals surface area (Å²) in [7, 11) is 0. The zero-order chi connectivity index (χ0) is 36.3. The van der Waals surface area contributed by atoms with Gasteiger partial charge in [0.25, 0.3) is 0 Å². The lowest BCUT2D eigenvalue weighted by atomic mass is 9.69. The minimum absolute atomic E-state index is 0.341. The number of hydrogen-bond acceptors (Lipinski definition) is 3. The van der Waals surface area contributed by atoms with Crippen molar-refractivity contribution in [2.45, 2.75) is 18.3 Å². The van der Waals surface area contributed by atoms with Crippen molar-refractivity contribution in [3.63, 3.8) is 0 Å². The molecule has 3 nitrogen and oxygen atoms in total. The molecule has 55 heavy (non-hydrogen) atoms. The number of fused-ring (bicyclic) bond motifs is 9. The van der Waals surface area contributed by atoms with Crippen molar-refractivity contribution >= 4 is 5.57 Å². The van der Waals surface area contributed by atoms with Crippen LogP contribution in [0.25, 0.3) is 73.1 Å². The maximum absolute atomic E-state index is 5.11. The number of aromatic nitrogens is 3. The molecule has 1 spiro atoms. The zero-order valence-corrected chi connectivity index (χ0v) is 30.2. The molecule has 11 rings (SSSR count). The molecule has 0 bridgehead atoms. The average Bonchev–Trinajstić information content (AvgIpc) is 3.74. The van der Waals surface area contributed by atoms with E-state index in [-0.39, 0.29) is 5.41 Å². The second-order valence-electron chi connectivity index (χ2n) is 14.6. The van der Waals surface area contributed by atoms with Crippen LogP contribution < -0.4 is 0 Å². The van der Waals surface area contributed by atoms with Gasteiger partial charge in [-0.25, -0.2) is 15.0 Å². The van der Waals surface area contributed by atoms with Gasteiger partial charge >= 0.3 is 0 Å². The normalized spacial score (nSPS) is 16.1. The maximum atomic E-state index is 5.11. The van der Waals surface area contributed by atoms with Crippen molar-refractivity contribution in [3.05, 3.63) is 216 Å². The Kier molecular flexibility index (Phi) is 7.21. The lowest BCUT2D eigenvalue weighted by molar-refractivity contribution is 0.781. The Labute approximate surface area is 321 Å². The van der Waals surface area contributed by atoms with E-state index in [0.29, 0.717) is 17.5 Å². The molecule has 1 unspecified atom stereocenters. The van der Waals surface area contributed by atoms with Gasteiger partial charge in [0.2, 0.25) is 0 Å². The smallest absolute Gasteiger partial charge is 0.164 e. The maximum Gasteiger partial charge on any atom is 0.164 e. The van der Waals surface area contributed by atoms with Gasteiger partial charge in [0.15, 0.2) is 17.5 Å². The minimum Gasteiger partial charge on any atom is -0.208 e. The monoisotopic (exact) mass is 701 g/mol. The van der Waals surface area contributed by atoms with Crippen LogP contribution in [0.5, 0.6) is 0 Å². The van der Waals surface area contributed by atoms with E-state index in [4.69, 9.17) is 15.0 Å². The molecule has 0 aliphatic heterocycles. The van der Waals surface area contributed by atoms with Crippen molar-refractivity contribution < 1.29 is 0 Å². The molecule has 0 N–H and O–H groups in total.